The summed E-state index contributed by atoms with van der Waals surface area (Å²) in [5.74, 6) is -0.284. The summed E-state index contributed by atoms with van der Waals surface area (Å²) in [4.78, 5) is 0. The van der Waals surface area contributed by atoms with Gasteiger partial charge < -0.3 is 0 Å². The van der Waals surface area contributed by atoms with Crippen LogP contribution >= 0.6 is 11.6 Å². The molecule has 1 aromatic heterocycles. The van der Waals surface area contributed by atoms with Gasteiger partial charge in [-0.3, -0.25) is 4.57 Å². The van der Waals surface area contributed by atoms with Crippen molar-refractivity contribution in [2.75, 3.05) is 0 Å². The molecule has 3 nitrogen and oxygen atoms in total. The molecule has 1 aromatic carbocycles. The lowest BCUT2D eigenvalue weighted by Crippen LogP contribution is -1.91. The lowest BCUT2D eigenvalue weighted by Gasteiger charge is -2.00. The van der Waals surface area contributed by atoms with Crippen LogP contribution in [0.1, 0.15) is 0 Å². The monoisotopic (exact) mass is 197 g/mol. The van der Waals surface area contributed by atoms with Gasteiger partial charge in [0.15, 0.2) is 0 Å². The molecule has 0 bridgehead atoms. The van der Waals surface area contributed by atoms with Crippen LogP contribution in [-0.4, -0.2) is 14.8 Å². The third-order valence-electron chi connectivity index (χ3n) is 1.61. The molecule has 5 heteroatoms. The second-order valence-corrected chi connectivity index (χ2v) is 2.78. The van der Waals surface area contributed by atoms with Crippen LogP contribution in [0.2, 0.25) is 5.28 Å². The third-order valence-corrected chi connectivity index (χ3v) is 1.87. The van der Waals surface area contributed by atoms with E-state index in [0.717, 1.165) is 5.69 Å². The Morgan fingerprint density at radius 3 is 2.46 bits per heavy atom. The zero-order chi connectivity index (χ0) is 9.26. The van der Waals surface area contributed by atoms with E-state index in [4.69, 9.17) is 11.6 Å². The van der Waals surface area contributed by atoms with Crippen molar-refractivity contribution in [2.24, 2.45) is 0 Å². The Morgan fingerprint density at radius 1 is 1.23 bits per heavy atom. The quantitative estimate of drug-likeness (QED) is 0.701. The van der Waals surface area contributed by atoms with Crippen molar-refractivity contribution in [1.29, 1.82) is 0 Å². The van der Waals surface area contributed by atoms with Crippen LogP contribution in [0.15, 0.2) is 30.6 Å². The molecule has 0 N–H and O–H groups in total. The van der Waals surface area contributed by atoms with Gasteiger partial charge in [0, 0.05) is 5.69 Å². The minimum Gasteiger partial charge on any atom is -0.272 e. The van der Waals surface area contributed by atoms with E-state index in [0.29, 0.717) is 0 Å². The first-order valence-corrected chi connectivity index (χ1v) is 3.96. The van der Waals surface area contributed by atoms with Crippen molar-refractivity contribution in [3.63, 3.8) is 0 Å². The Balaban J connectivity index is 2.47. The maximum atomic E-state index is 12.6. The van der Waals surface area contributed by atoms with Gasteiger partial charge in [0.25, 0.3) is 0 Å². The Kier molecular flexibility index (Phi) is 1.98. The zero-order valence-corrected chi connectivity index (χ0v) is 7.24. The summed E-state index contributed by atoms with van der Waals surface area (Å²) in [7, 11) is 0. The number of nitrogens with zero attached hydrogens (tertiary/aromatic N) is 3. The van der Waals surface area contributed by atoms with Gasteiger partial charge in [0.05, 0.1) is 0 Å². The number of benzene rings is 1. The number of rotatable bonds is 1. The largest absolute Gasteiger partial charge is 0.272 e. The van der Waals surface area contributed by atoms with E-state index in [-0.39, 0.29) is 11.1 Å². The van der Waals surface area contributed by atoms with Crippen LogP contribution in [0, 0.1) is 5.82 Å². The summed E-state index contributed by atoms with van der Waals surface area (Å²) in [6.07, 6.45) is 1.47. The molecule has 0 aliphatic heterocycles. The van der Waals surface area contributed by atoms with E-state index in [1.165, 1.54) is 18.5 Å². The highest BCUT2D eigenvalue weighted by Gasteiger charge is 2.02. The van der Waals surface area contributed by atoms with Gasteiger partial charge in [0.2, 0.25) is 5.28 Å². The minimum absolute atomic E-state index is 0.256. The number of hydrogen-bond donors (Lipinski definition) is 0. The molecule has 0 atom stereocenters. The molecule has 0 amide bonds. The Morgan fingerprint density at radius 2 is 1.92 bits per heavy atom. The molecule has 0 saturated carbocycles. The van der Waals surface area contributed by atoms with Gasteiger partial charge in [0.1, 0.15) is 12.1 Å². The SMILES string of the molecule is Fc1ccc(-n2cnnc2Cl)cc1. The molecular weight excluding hydrogens is 193 g/mol. The van der Waals surface area contributed by atoms with Gasteiger partial charge in [-0.15, -0.1) is 10.2 Å². The Bertz CT molecular complexity index is 410. The van der Waals surface area contributed by atoms with Crippen LogP contribution in [0.5, 0.6) is 0 Å². The van der Waals surface area contributed by atoms with Crippen LogP contribution in [0.3, 0.4) is 0 Å². The second-order valence-electron chi connectivity index (χ2n) is 2.45. The molecule has 0 radical (unpaired) electrons. The fraction of sp³-hybridized carbons (Fsp3) is 0. The molecule has 0 fully saturated rings. The second kappa shape index (κ2) is 3.14. The normalized spacial score (nSPS) is 10.3. The first kappa shape index (κ1) is 8.19. The fourth-order valence-corrected chi connectivity index (χ4v) is 1.18. The maximum absolute atomic E-state index is 12.6. The molecule has 0 saturated heterocycles. The minimum atomic E-state index is -0.284. The molecule has 1 heterocycles. The van der Waals surface area contributed by atoms with E-state index in [1.54, 1.807) is 16.7 Å². The maximum Gasteiger partial charge on any atom is 0.229 e. The van der Waals surface area contributed by atoms with Gasteiger partial charge in [-0.1, -0.05) is 0 Å². The molecule has 0 spiro atoms. The molecule has 2 aromatic rings. The van der Waals surface area contributed by atoms with E-state index >= 15 is 0 Å². The van der Waals surface area contributed by atoms with Crippen molar-refractivity contribution >= 4 is 11.6 Å². The molecule has 66 valence electrons. The van der Waals surface area contributed by atoms with Crippen molar-refractivity contribution in [3.05, 3.63) is 41.7 Å². The number of halogens is 2. The summed E-state index contributed by atoms with van der Waals surface area (Å²) in [6.45, 7) is 0. The highest BCUT2D eigenvalue weighted by atomic mass is 35.5. The Hall–Kier alpha value is -1.42. The predicted molar refractivity (Wildman–Crippen MR) is 46.3 cm³/mol. The van der Waals surface area contributed by atoms with Crippen molar-refractivity contribution in [3.8, 4) is 5.69 Å². The zero-order valence-electron chi connectivity index (χ0n) is 6.48. The van der Waals surface area contributed by atoms with E-state index < -0.39 is 0 Å². The number of hydrogen-bond acceptors (Lipinski definition) is 2. The molecule has 13 heavy (non-hydrogen) atoms. The van der Waals surface area contributed by atoms with E-state index in [9.17, 15) is 4.39 Å². The first-order valence-electron chi connectivity index (χ1n) is 3.59. The molecule has 0 unspecified atom stereocenters. The van der Waals surface area contributed by atoms with Gasteiger partial charge in [-0.25, -0.2) is 4.39 Å². The third kappa shape index (κ3) is 1.53. The summed E-state index contributed by atoms with van der Waals surface area (Å²) in [5.41, 5.74) is 0.733. The van der Waals surface area contributed by atoms with Crippen LogP contribution in [0.4, 0.5) is 4.39 Å². The fourth-order valence-electron chi connectivity index (χ4n) is 0.996. The standard InChI is InChI=1S/C8H5ClFN3/c9-8-12-11-5-13(8)7-3-1-6(10)2-4-7/h1-5H. The van der Waals surface area contributed by atoms with Crippen molar-refractivity contribution < 1.29 is 4.39 Å². The van der Waals surface area contributed by atoms with Crippen molar-refractivity contribution in [2.45, 2.75) is 0 Å². The average Bonchev–Trinajstić information content (AvgIpc) is 2.53. The van der Waals surface area contributed by atoms with Gasteiger partial charge >= 0.3 is 0 Å². The molecule has 2 rings (SSSR count). The average molecular weight is 198 g/mol. The predicted octanol–water partition coefficient (Wildman–Crippen LogP) is 2.06. The molecular formula is C8H5ClFN3. The Labute approximate surface area is 78.8 Å². The lowest BCUT2D eigenvalue weighted by atomic mass is 10.3. The topological polar surface area (TPSA) is 30.7 Å². The number of aromatic nitrogens is 3. The summed E-state index contributed by atoms with van der Waals surface area (Å²) < 4.78 is 14.1. The van der Waals surface area contributed by atoms with E-state index in [1.807, 2.05) is 0 Å². The summed E-state index contributed by atoms with van der Waals surface area (Å²) >= 11 is 5.71. The van der Waals surface area contributed by atoms with Crippen LogP contribution < -0.4 is 0 Å². The van der Waals surface area contributed by atoms with Gasteiger partial charge in [-0.2, -0.15) is 0 Å². The molecule has 0 aliphatic rings. The molecule has 0 aliphatic carbocycles. The smallest absolute Gasteiger partial charge is 0.229 e. The first-order chi connectivity index (χ1) is 6.27. The highest BCUT2D eigenvalue weighted by Crippen LogP contribution is 2.13. The van der Waals surface area contributed by atoms with Gasteiger partial charge in [-0.05, 0) is 35.9 Å². The highest BCUT2D eigenvalue weighted by molar-refractivity contribution is 6.28. The summed E-state index contributed by atoms with van der Waals surface area (Å²) in [6, 6.07) is 5.91. The van der Waals surface area contributed by atoms with E-state index in [2.05, 4.69) is 10.2 Å². The summed E-state index contributed by atoms with van der Waals surface area (Å²) in [5, 5.41) is 7.46. The lowest BCUT2D eigenvalue weighted by molar-refractivity contribution is 0.627. The van der Waals surface area contributed by atoms with Crippen LogP contribution in [-0.2, 0) is 0 Å². The van der Waals surface area contributed by atoms with Crippen LogP contribution in [0.25, 0.3) is 5.69 Å². The van der Waals surface area contributed by atoms with Crippen molar-refractivity contribution in [1.82, 2.24) is 14.8 Å².